The molecule has 2 heterocycles. The van der Waals surface area contributed by atoms with E-state index in [1.54, 1.807) is 7.05 Å². The monoisotopic (exact) mass is 535 g/mol. The molecule has 160 valence electrons. The zero-order valence-corrected chi connectivity index (χ0v) is 18.9. The van der Waals surface area contributed by atoms with E-state index in [-0.39, 0.29) is 35.0 Å². The molecule has 0 bridgehead atoms. The number of hydrogen-bond acceptors (Lipinski definition) is 4. The molecule has 0 aromatic carbocycles. The third-order valence-electron chi connectivity index (χ3n) is 4.16. The number of halogens is 5. The molecule has 2 rings (SSSR count). The fourth-order valence-electron chi connectivity index (χ4n) is 2.80. The first-order valence-electron chi connectivity index (χ1n) is 8.87. The van der Waals surface area contributed by atoms with E-state index >= 15 is 0 Å². The maximum atomic E-state index is 12.7. The fraction of sp³-hybridized carbons (Fsp3) is 0.647. The molecule has 1 fully saturated rings. The van der Waals surface area contributed by atoms with Gasteiger partial charge in [-0.2, -0.15) is 13.2 Å². The molecular formula is C17H26ClF3IN5O. The van der Waals surface area contributed by atoms with Gasteiger partial charge in [0.25, 0.3) is 0 Å². The number of pyridine rings is 1. The number of hydrogen-bond donors (Lipinski definition) is 2. The third-order valence-corrected chi connectivity index (χ3v) is 4.44. The third kappa shape index (κ3) is 7.43. The van der Waals surface area contributed by atoms with Gasteiger partial charge in [0.1, 0.15) is 5.82 Å². The summed E-state index contributed by atoms with van der Waals surface area (Å²) in [7, 11) is 1.69. The van der Waals surface area contributed by atoms with E-state index in [0.29, 0.717) is 38.1 Å². The van der Waals surface area contributed by atoms with Crippen LogP contribution in [0.2, 0.25) is 5.02 Å². The zero-order chi connectivity index (χ0) is 19.9. The lowest BCUT2D eigenvalue weighted by atomic mass is 10.2. The summed E-state index contributed by atoms with van der Waals surface area (Å²) in [5.41, 5.74) is -0.846. The minimum Gasteiger partial charge on any atom is -0.382 e. The second kappa shape index (κ2) is 11.9. The van der Waals surface area contributed by atoms with Gasteiger partial charge in [0, 0.05) is 52.1 Å². The minimum absolute atomic E-state index is 0. The van der Waals surface area contributed by atoms with Crippen LogP contribution in [0.1, 0.15) is 25.3 Å². The molecule has 1 aliphatic rings. The summed E-state index contributed by atoms with van der Waals surface area (Å²) in [4.78, 5) is 9.99. The van der Waals surface area contributed by atoms with Crippen molar-refractivity contribution < 1.29 is 17.9 Å². The molecular weight excluding hydrogens is 510 g/mol. The summed E-state index contributed by atoms with van der Waals surface area (Å²) in [6, 6.07) is 1.02. The molecule has 1 aliphatic heterocycles. The van der Waals surface area contributed by atoms with Crippen molar-refractivity contribution in [3.63, 3.8) is 0 Å². The number of nitrogens with zero attached hydrogens (tertiary/aromatic N) is 3. The minimum atomic E-state index is -4.45. The number of aromatic nitrogens is 1. The first-order valence-corrected chi connectivity index (χ1v) is 9.25. The smallest absolute Gasteiger partial charge is 0.382 e. The molecule has 1 saturated heterocycles. The average molecular weight is 536 g/mol. The number of nitrogens with one attached hydrogen (secondary N) is 2. The molecule has 11 heteroatoms. The van der Waals surface area contributed by atoms with Crippen LogP contribution < -0.4 is 15.5 Å². The van der Waals surface area contributed by atoms with Crippen molar-refractivity contribution in [1.82, 2.24) is 15.6 Å². The summed E-state index contributed by atoms with van der Waals surface area (Å²) in [6.45, 7) is 5.32. The molecule has 2 N–H and O–H groups in total. The fourth-order valence-corrected chi connectivity index (χ4v) is 3.09. The van der Waals surface area contributed by atoms with Crippen LogP contribution in [0.5, 0.6) is 0 Å². The number of rotatable bonds is 7. The summed E-state index contributed by atoms with van der Waals surface area (Å²) in [6.07, 6.45) is -1.96. The van der Waals surface area contributed by atoms with E-state index in [9.17, 15) is 13.2 Å². The van der Waals surface area contributed by atoms with Gasteiger partial charge in [0.15, 0.2) is 5.96 Å². The lowest BCUT2D eigenvalue weighted by molar-refractivity contribution is -0.137. The highest BCUT2D eigenvalue weighted by Crippen LogP contribution is 2.34. The molecule has 0 spiro atoms. The van der Waals surface area contributed by atoms with Crippen molar-refractivity contribution in [2.24, 2.45) is 4.99 Å². The second-order valence-corrected chi connectivity index (χ2v) is 6.56. The highest BCUT2D eigenvalue weighted by atomic mass is 127. The lowest BCUT2D eigenvalue weighted by Gasteiger charge is -2.21. The topological polar surface area (TPSA) is 61.8 Å². The largest absolute Gasteiger partial charge is 0.417 e. The van der Waals surface area contributed by atoms with Crippen molar-refractivity contribution in [3.8, 4) is 0 Å². The SMILES string of the molecule is CCOCCCNC(=NC)NC1CCN(c2ncc(C(F)(F)F)cc2Cl)C1.I. The predicted molar refractivity (Wildman–Crippen MR) is 116 cm³/mol. The van der Waals surface area contributed by atoms with E-state index in [0.717, 1.165) is 31.6 Å². The van der Waals surface area contributed by atoms with E-state index in [4.69, 9.17) is 16.3 Å². The maximum Gasteiger partial charge on any atom is 0.417 e. The average Bonchev–Trinajstić information content (AvgIpc) is 3.07. The van der Waals surface area contributed by atoms with E-state index in [1.165, 1.54) is 0 Å². The Labute approximate surface area is 185 Å². The van der Waals surface area contributed by atoms with Crippen LogP contribution in [0, 0.1) is 0 Å². The van der Waals surface area contributed by atoms with Gasteiger partial charge in [-0.15, -0.1) is 24.0 Å². The van der Waals surface area contributed by atoms with Crippen LogP contribution in [0.3, 0.4) is 0 Å². The van der Waals surface area contributed by atoms with Gasteiger partial charge < -0.3 is 20.3 Å². The maximum absolute atomic E-state index is 12.7. The molecule has 1 atom stereocenters. The predicted octanol–water partition coefficient (Wildman–Crippen LogP) is 3.54. The Hall–Kier alpha value is -1.01. The van der Waals surface area contributed by atoms with E-state index in [1.807, 2.05) is 11.8 Å². The van der Waals surface area contributed by atoms with Gasteiger partial charge in [-0.25, -0.2) is 4.98 Å². The first kappa shape index (κ1) is 25.0. The molecule has 0 aliphatic carbocycles. The van der Waals surface area contributed by atoms with Crippen LogP contribution in [-0.4, -0.2) is 56.9 Å². The van der Waals surface area contributed by atoms with Crippen molar-refractivity contribution in [3.05, 3.63) is 22.8 Å². The molecule has 0 saturated carbocycles. The number of anilines is 1. The van der Waals surface area contributed by atoms with Gasteiger partial charge in [-0.1, -0.05) is 11.6 Å². The van der Waals surface area contributed by atoms with Crippen molar-refractivity contribution in [2.45, 2.75) is 32.0 Å². The number of ether oxygens (including phenoxy) is 1. The van der Waals surface area contributed by atoms with Gasteiger partial charge >= 0.3 is 6.18 Å². The van der Waals surface area contributed by atoms with Crippen molar-refractivity contribution in [2.75, 3.05) is 44.8 Å². The summed E-state index contributed by atoms with van der Waals surface area (Å²) < 4.78 is 43.5. The van der Waals surface area contributed by atoms with Gasteiger partial charge in [0.2, 0.25) is 0 Å². The number of aliphatic imine (C=N–C) groups is 1. The highest BCUT2D eigenvalue weighted by Gasteiger charge is 2.33. The van der Waals surface area contributed by atoms with E-state index in [2.05, 4.69) is 20.6 Å². The van der Waals surface area contributed by atoms with Crippen molar-refractivity contribution in [1.29, 1.82) is 0 Å². The Balaban J connectivity index is 0.00000392. The first-order chi connectivity index (χ1) is 12.8. The summed E-state index contributed by atoms with van der Waals surface area (Å²) in [5.74, 6) is 1.05. The van der Waals surface area contributed by atoms with Crippen LogP contribution in [0.4, 0.5) is 19.0 Å². The number of alkyl halides is 3. The molecule has 0 radical (unpaired) electrons. The molecule has 1 aromatic heterocycles. The van der Waals surface area contributed by atoms with Gasteiger partial charge in [0.05, 0.1) is 10.6 Å². The molecule has 6 nitrogen and oxygen atoms in total. The quantitative estimate of drug-likeness (QED) is 0.242. The van der Waals surface area contributed by atoms with Crippen LogP contribution >= 0.6 is 35.6 Å². The van der Waals surface area contributed by atoms with E-state index < -0.39 is 11.7 Å². The van der Waals surface area contributed by atoms with Gasteiger partial charge in [-0.05, 0) is 25.8 Å². The Kier molecular flexibility index (Phi) is 10.6. The standard InChI is InChI=1S/C17H25ClF3N5O.HI/c1-3-27-8-4-6-23-16(22-2)25-13-5-7-26(11-13)15-14(18)9-12(10-24-15)17(19,20)21;/h9-10,13H,3-8,11H2,1-2H3,(H2,22,23,25);1H. The van der Waals surface area contributed by atoms with Crippen LogP contribution in [0.25, 0.3) is 0 Å². The van der Waals surface area contributed by atoms with Crippen molar-refractivity contribution >= 4 is 47.4 Å². The Morgan fingerprint density at radius 3 is 2.82 bits per heavy atom. The molecule has 0 amide bonds. The number of guanidine groups is 1. The van der Waals surface area contributed by atoms with Gasteiger partial charge in [-0.3, -0.25) is 4.99 Å². The summed E-state index contributed by atoms with van der Waals surface area (Å²) in [5, 5.41) is 6.54. The molecule has 28 heavy (non-hydrogen) atoms. The Morgan fingerprint density at radius 1 is 1.46 bits per heavy atom. The lowest BCUT2D eigenvalue weighted by Crippen LogP contribution is -2.45. The zero-order valence-electron chi connectivity index (χ0n) is 15.9. The molecule has 1 aromatic rings. The Bertz CT molecular complexity index is 648. The summed E-state index contributed by atoms with van der Waals surface area (Å²) >= 11 is 6.03. The van der Waals surface area contributed by atoms with Crippen LogP contribution in [0.15, 0.2) is 17.3 Å². The highest BCUT2D eigenvalue weighted by molar-refractivity contribution is 14.0. The normalized spacial score (nSPS) is 17.4. The molecule has 1 unspecified atom stereocenters. The second-order valence-electron chi connectivity index (χ2n) is 6.15. The van der Waals surface area contributed by atoms with Crippen LogP contribution in [-0.2, 0) is 10.9 Å². The Morgan fingerprint density at radius 2 is 2.21 bits per heavy atom.